The Bertz CT molecular complexity index is 383. The van der Waals surface area contributed by atoms with Crippen LogP contribution < -0.4 is 10.6 Å². The zero-order valence-electron chi connectivity index (χ0n) is 11.2. The normalized spacial score (nSPS) is 12.9. The molecule has 0 aliphatic carbocycles. The molecule has 0 saturated carbocycles. The molecule has 4 N–H and O–H groups in total. The highest BCUT2D eigenvalue weighted by molar-refractivity contribution is 5.86. The average Bonchev–Trinajstić information content (AvgIpc) is 2.33. The highest BCUT2D eigenvalue weighted by Gasteiger charge is 2.23. The number of hydrogen-bond acceptors (Lipinski definition) is 5. The van der Waals surface area contributed by atoms with E-state index >= 15 is 0 Å². The molecule has 9 nitrogen and oxygen atoms in total. The Labute approximate surface area is 115 Å². The van der Waals surface area contributed by atoms with E-state index in [4.69, 9.17) is 10.2 Å². The van der Waals surface area contributed by atoms with Crippen molar-refractivity contribution in [3.05, 3.63) is 0 Å². The summed E-state index contributed by atoms with van der Waals surface area (Å²) in [5, 5.41) is 21.6. The van der Waals surface area contributed by atoms with Crippen molar-refractivity contribution < 1.29 is 34.1 Å². The third-order valence-corrected chi connectivity index (χ3v) is 2.24. The molecular formula is C11H18N2O7. The summed E-state index contributed by atoms with van der Waals surface area (Å²) in [4.78, 5) is 43.9. The van der Waals surface area contributed by atoms with Crippen molar-refractivity contribution in [3.63, 3.8) is 0 Å². The van der Waals surface area contributed by atoms with E-state index in [-0.39, 0.29) is 13.0 Å². The lowest BCUT2D eigenvalue weighted by Crippen LogP contribution is -2.50. The maximum atomic E-state index is 11.5. The molecule has 0 aromatic rings. The van der Waals surface area contributed by atoms with Gasteiger partial charge in [0.05, 0.1) is 6.61 Å². The molecule has 0 aliphatic rings. The minimum Gasteiger partial charge on any atom is -0.481 e. The van der Waals surface area contributed by atoms with Crippen molar-refractivity contribution in [2.24, 2.45) is 0 Å². The van der Waals surface area contributed by atoms with Crippen LogP contribution in [0.5, 0.6) is 0 Å². The Hall–Kier alpha value is -2.32. The molecule has 2 atom stereocenters. The third-order valence-electron chi connectivity index (χ3n) is 2.24. The lowest BCUT2D eigenvalue weighted by atomic mass is 10.1. The number of aliphatic carboxylic acids is 2. The molecule has 0 aliphatic heterocycles. The molecule has 0 aromatic heterocycles. The van der Waals surface area contributed by atoms with E-state index in [0.717, 1.165) is 0 Å². The fourth-order valence-corrected chi connectivity index (χ4v) is 1.25. The number of esters is 1. The van der Waals surface area contributed by atoms with E-state index in [1.54, 1.807) is 6.92 Å². The first-order chi connectivity index (χ1) is 9.27. The van der Waals surface area contributed by atoms with E-state index in [2.05, 4.69) is 15.4 Å². The zero-order valence-corrected chi connectivity index (χ0v) is 11.2. The highest BCUT2D eigenvalue weighted by atomic mass is 16.5. The van der Waals surface area contributed by atoms with E-state index in [1.165, 1.54) is 6.92 Å². The van der Waals surface area contributed by atoms with Crippen molar-refractivity contribution in [3.8, 4) is 0 Å². The molecule has 0 heterocycles. The summed E-state index contributed by atoms with van der Waals surface area (Å²) in [6, 6.07) is -3.17. The highest BCUT2D eigenvalue weighted by Crippen LogP contribution is 1.98. The molecule has 0 bridgehead atoms. The number of carbonyl (C=O) groups is 4. The van der Waals surface area contributed by atoms with Crippen LogP contribution in [0.2, 0.25) is 0 Å². The Morgan fingerprint density at radius 1 is 1.15 bits per heavy atom. The number of rotatable bonds is 8. The maximum Gasteiger partial charge on any atom is 0.328 e. The Balaban J connectivity index is 4.35. The Morgan fingerprint density at radius 3 is 2.20 bits per heavy atom. The minimum absolute atomic E-state index is 0.156. The van der Waals surface area contributed by atoms with Gasteiger partial charge >= 0.3 is 23.9 Å². The van der Waals surface area contributed by atoms with Crippen molar-refractivity contribution >= 4 is 23.9 Å². The van der Waals surface area contributed by atoms with Crippen LogP contribution in [0.3, 0.4) is 0 Å². The fraction of sp³-hybridized carbons (Fsp3) is 0.636. The zero-order chi connectivity index (χ0) is 15.7. The monoisotopic (exact) mass is 290 g/mol. The van der Waals surface area contributed by atoms with Crippen LogP contribution in [0, 0.1) is 0 Å². The van der Waals surface area contributed by atoms with Gasteiger partial charge < -0.3 is 25.6 Å². The average molecular weight is 290 g/mol. The van der Waals surface area contributed by atoms with Gasteiger partial charge in [0.25, 0.3) is 0 Å². The molecule has 0 spiro atoms. The number of carboxylic acid groups (broad SMARTS) is 2. The SMILES string of the molecule is CCOC(=O)C(C)NC(=O)NC(CCC(=O)O)C(=O)O. The van der Waals surface area contributed by atoms with Gasteiger partial charge in [0.2, 0.25) is 0 Å². The molecule has 0 radical (unpaired) electrons. The van der Waals surface area contributed by atoms with Crippen LogP contribution in [0.4, 0.5) is 4.79 Å². The number of hydrogen-bond donors (Lipinski definition) is 4. The van der Waals surface area contributed by atoms with Gasteiger partial charge in [0.1, 0.15) is 12.1 Å². The van der Waals surface area contributed by atoms with E-state index < -0.39 is 42.4 Å². The van der Waals surface area contributed by atoms with Gasteiger partial charge in [-0.2, -0.15) is 0 Å². The van der Waals surface area contributed by atoms with E-state index in [0.29, 0.717) is 0 Å². The van der Waals surface area contributed by atoms with Crippen LogP contribution in [0.1, 0.15) is 26.7 Å². The summed E-state index contributed by atoms with van der Waals surface area (Å²) in [6.07, 6.45) is -0.656. The third kappa shape index (κ3) is 7.19. The summed E-state index contributed by atoms with van der Waals surface area (Å²) >= 11 is 0. The second kappa shape index (κ2) is 8.73. The summed E-state index contributed by atoms with van der Waals surface area (Å²) in [5.74, 6) is -3.18. The smallest absolute Gasteiger partial charge is 0.328 e. The minimum atomic E-state index is -1.36. The lowest BCUT2D eigenvalue weighted by Gasteiger charge is -2.17. The largest absolute Gasteiger partial charge is 0.481 e. The summed E-state index contributed by atoms with van der Waals surface area (Å²) < 4.78 is 4.66. The van der Waals surface area contributed by atoms with Gasteiger partial charge in [-0.3, -0.25) is 4.79 Å². The Kier molecular flexibility index (Phi) is 7.71. The van der Waals surface area contributed by atoms with Gasteiger partial charge in [-0.25, -0.2) is 14.4 Å². The molecular weight excluding hydrogens is 272 g/mol. The van der Waals surface area contributed by atoms with Gasteiger partial charge in [-0.1, -0.05) is 0 Å². The number of carbonyl (C=O) groups excluding carboxylic acids is 2. The predicted molar refractivity (Wildman–Crippen MR) is 66.1 cm³/mol. The van der Waals surface area contributed by atoms with Crippen molar-refractivity contribution in [2.45, 2.75) is 38.8 Å². The number of urea groups is 1. The first-order valence-corrected chi connectivity index (χ1v) is 5.96. The van der Waals surface area contributed by atoms with Gasteiger partial charge in [0, 0.05) is 6.42 Å². The summed E-state index contributed by atoms with van der Waals surface area (Å²) in [6.45, 7) is 3.14. The number of ether oxygens (including phenoxy) is 1. The molecule has 0 saturated heterocycles. The second-order valence-corrected chi connectivity index (χ2v) is 3.91. The molecule has 20 heavy (non-hydrogen) atoms. The Morgan fingerprint density at radius 2 is 1.75 bits per heavy atom. The van der Waals surface area contributed by atoms with Crippen LogP contribution in [0.25, 0.3) is 0 Å². The fourth-order valence-electron chi connectivity index (χ4n) is 1.25. The number of nitrogens with one attached hydrogen (secondary N) is 2. The predicted octanol–water partition coefficient (Wildman–Crippen LogP) is -0.445. The van der Waals surface area contributed by atoms with Gasteiger partial charge in [-0.05, 0) is 20.3 Å². The molecule has 2 amide bonds. The van der Waals surface area contributed by atoms with Crippen LogP contribution in [0.15, 0.2) is 0 Å². The standard InChI is InChI=1S/C11H18N2O7/c1-3-20-10(18)6(2)12-11(19)13-7(9(16)17)4-5-8(14)15/h6-7H,3-5H2,1-2H3,(H,14,15)(H,16,17)(H2,12,13,19). The van der Waals surface area contributed by atoms with Crippen LogP contribution >= 0.6 is 0 Å². The van der Waals surface area contributed by atoms with Crippen molar-refractivity contribution in [1.29, 1.82) is 0 Å². The number of carboxylic acids is 2. The summed E-state index contributed by atoms with van der Waals surface area (Å²) in [7, 11) is 0. The van der Waals surface area contributed by atoms with Gasteiger partial charge in [0.15, 0.2) is 0 Å². The van der Waals surface area contributed by atoms with E-state index in [9.17, 15) is 19.2 Å². The van der Waals surface area contributed by atoms with E-state index in [1.807, 2.05) is 0 Å². The first kappa shape index (κ1) is 17.7. The summed E-state index contributed by atoms with van der Waals surface area (Å²) in [5.41, 5.74) is 0. The first-order valence-electron chi connectivity index (χ1n) is 5.96. The van der Waals surface area contributed by atoms with Crippen LogP contribution in [-0.2, 0) is 19.1 Å². The molecule has 114 valence electrons. The topological polar surface area (TPSA) is 142 Å². The van der Waals surface area contributed by atoms with Gasteiger partial charge in [-0.15, -0.1) is 0 Å². The maximum absolute atomic E-state index is 11.5. The molecule has 0 aromatic carbocycles. The quantitative estimate of drug-likeness (QED) is 0.444. The van der Waals surface area contributed by atoms with Crippen molar-refractivity contribution in [2.75, 3.05) is 6.61 Å². The van der Waals surface area contributed by atoms with Crippen molar-refractivity contribution in [1.82, 2.24) is 10.6 Å². The number of amides is 2. The van der Waals surface area contributed by atoms with Crippen LogP contribution in [-0.4, -0.2) is 52.8 Å². The second-order valence-electron chi connectivity index (χ2n) is 3.91. The lowest BCUT2D eigenvalue weighted by molar-refractivity contribution is -0.145. The molecule has 0 fully saturated rings. The molecule has 0 rings (SSSR count). The molecule has 9 heteroatoms. The molecule has 2 unspecified atom stereocenters.